The van der Waals surface area contributed by atoms with Gasteiger partial charge in [0.15, 0.2) is 0 Å². The molecular weight excluding hydrogens is 254 g/mol. The van der Waals surface area contributed by atoms with Gasteiger partial charge in [0.1, 0.15) is 0 Å². The fourth-order valence-corrected chi connectivity index (χ4v) is 2.64. The van der Waals surface area contributed by atoms with Crippen LogP contribution in [0.25, 0.3) is 0 Å². The fraction of sp³-hybridized carbons (Fsp3) is 0.533. The summed E-state index contributed by atoms with van der Waals surface area (Å²) in [6.07, 6.45) is 3.05. The molecule has 1 aromatic rings. The van der Waals surface area contributed by atoms with Crippen LogP contribution in [0.1, 0.15) is 43.6 Å². The number of rotatable bonds is 4. The standard InChI is InChI=1S/C15H21N3O2/c1-11(19)18-10-4-7-14(18)13-6-3-5-12(17-13)8-9-15(20)16-2/h3,5-6,14H,4,7-10H2,1-2H3,(H,16,20)/t14-/m0/s1. The van der Waals surface area contributed by atoms with E-state index >= 15 is 0 Å². The zero-order valence-electron chi connectivity index (χ0n) is 12.1. The van der Waals surface area contributed by atoms with Crippen molar-refractivity contribution in [3.8, 4) is 0 Å². The zero-order valence-corrected chi connectivity index (χ0v) is 12.1. The van der Waals surface area contributed by atoms with Crippen LogP contribution < -0.4 is 5.32 Å². The molecule has 2 heterocycles. The highest BCUT2D eigenvalue weighted by Crippen LogP contribution is 2.30. The molecule has 2 rings (SSSR count). The molecule has 1 aliphatic rings. The Balaban J connectivity index is 2.09. The van der Waals surface area contributed by atoms with Crippen molar-refractivity contribution in [2.45, 2.75) is 38.6 Å². The average Bonchev–Trinajstić information content (AvgIpc) is 2.94. The SMILES string of the molecule is CNC(=O)CCc1cccc([C@@H]2CCCN2C(C)=O)n1. The number of aryl methyl sites for hydroxylation is 1. The quantitative estimate of drug-likeness (QED) is 0.904. The molecule has 0 aromatic carbocycles. The monoisotopic (exact) mass is 275 g/mol. The average molecular weight is 275 g/mol. The topological polar surface area (TPSA) is 62.3 Å². The largest absolute Gasteiger partial charge is 0.359 e. The van der Waals surface area contributed by atoms with E-state index in [4.69, 9.17) is 0 Å². The van der Waals surface area contributed by atoms with Gasteiger partial charge < -0.3 is 10.2 Å². The van der Waals surface area contributed by atoms with Crippen LogP contribution in [-0.4, -0.2) is 35.3 Å². The number of aromatic nitrogens is 1. The lowest BCUT2D eigenvalue weighted by atomic mass is 10.1. The van der Waals surface area contributed by atoms with Gasteiger partial charge in [-0.1, -0.05) is 6.07 Å². The highest BCUT2D eigenvalue weighted by Gasteiger charge is 2.28. The molecule has 1 saturated heterocycles. The molecule has 0 radical (unpaired) electrons. The first-order valence-corrected chi connectivity index (χ1v) is 7.05. The molecule has 1 N–H and O–H groups in total. The van der Waals surface area contributed by atoms with Gasteiger partial charge in [0, 0.05) is 32.6 Å². The van der Waals surface area contributed by atoms with E-state index in [1.807, 2.05) is 23.1 Å². The van der Waals surface area contributed by atoms with Crippen LogP contribution in [0.5, 0.6) is 0 Å². The number of nitrogens with zero attached hydrogens (tertiary/aromatic N) is 2. The van der Waals surface area contributed by atoms with Gasteiger partial charge in [-0.2, -0.15) is 0 Å². The summed E-state index contributed by atoms with van der Waals surface area (Å²) in [5.41, 5.74) is 1.84. The van der Waals surface area contributed by atoms with Crippen LogP contribution in [0.4, 0.5) is 0 Å². The van der Waals surface area contributed by atoms with Crippen LogP contribution in [0, 0.1) is 0 Å². The van der Waals surface area contributed by atoms with Gasteiger partial charge in [0.2, 0.25) is 11.8 Å². The minimum Gasteiger partial charge on any atom is -0.359 e. The number of nitrogens with one attached hydrogen (secondary N) is 1. The van der Waals surface area contributed by atoms with Crippen molar-refractivity contribution in [3.63, 3.8) is 0 Å². The second kappa shape index (κ2) is 6.50. The van der Waals surface area contributed by atoms with Crippen LogP contribution in [-0.2, 0) is 16.0 Å². The third kappa shape index (κ3) is 3.35. The first-order valence-electron chi connectivity index (χ1n) is 7.05. The van der Waals surface area contributed by atoms with Crippen LogP contribution >= 0.6 is 0 Å². The molecule has 0 bridgehead atoms. The summed E-state index contributed by atoms with van der Waals surface area (Å²) < 4.78 is 0. The minimum absolute atomic E-state index is 0.0171. The Morgan fingerprint density at radius 1 is 1.45 bits per heavy atom. The van der Waals surface area contributed by atoms with Crippen molar-refractivity contribution in [2.75, 3.05) is 13.6 Å². The molecule has 0 saturated carbocycles. The van der Waals surface area contributed by atoms with E-state index in [2.05, 4.69) is 10.3 Å². The Morgan fingerprint density at radius 2 is 2.25 bits per heavy atom. The zero-order chi connectivity index (χ0) is 14.5. The van der Waals surface area contributed by atoms with E-state index < -0.39 is 0 Å². The summed E-state index contributed by atoms with van der Waals surface area (Å²) in [5, 5.41) is 2.61. The molecule has 20 heavy (non-hydrogen) atoms. The molecule has 0 spiro atoms. The van der Waals surface area contributed by atoms with Crippen molar-refractivity contribution in [1.82, 2.24) is 15.2 Å². The molecule has 0 unspecified atom stereocenters. The van der Waals surface area contributed by atoms with Gasteiger partial charge in [0.05, 0.1) is 11.7 Å². The summed E-state index contributed by atoms with van der Waals surface area (Å²) in [7, 11) is 1.63. The van der Waals surface area contributed by atoms with Gasteiger partial charge in [-0.3, -0.25) is 14.6 Å². The molecule has 1 aliphatic heterocycles. The van der Waals surface area contributed by atoms with Gasteiger partial charge >= 0.3 is 0 Å². The summed E-state index contributed by atoms with van der Waals surface area (Å²) in [4.78, 5) is 29.4. The third-order valence-electron chi connectivity index (χ3n) is 3.71. The molecular formula is C15H21N3O2. The fourth-order valence-electron chi connectivity index (χ4n) is 2.64. The highest BCUT2D eigenvalue weighted by atomic mass is 16.2. The highest BCUT2D eigenvalue weighted by molar-refractivity contribution is 5.75. The Labute approximate surface area is 119 Å². The van der Waals surface area contributed by atoms with Crippen LogP contribution in [0.15, 0.2) is 18.2 Å². The Kier molecular flexibility index (Phi) is 4.71. The molecule has 1 fully saturated rings. The molecule has 5 heteroatoms. The number of hydrogen-bond acceptors (Lipinski definition) is 3. The van der Waals surface area contributed by atoms with Gasteiger partial charge in [-0.25, -0.2) is 0 Å². The maximum absolute atomic E-state index is 11.6. The second-order valence-electron chi connectivity index (χ2n) is 5.10. The maximum Gasteiger partial charge on any atom is 0.220 e. The van der Waals surface area contributed by atoms with Gasteiger partial charge in [-0.05, 0) is 31.4 Å². The predicted molar refractivity (Wildman–Crippen MR) is 76.0 cm³/mol. The van der Waals surface area contributed by atoms with Crippen molar-refractivity contribution in [1.29, 1.82) is 0 Å². The molecule has 2 amide bonds. The van der Waals surface area contributed by atoms with Crippen LogP contribution in [0.2, 0.25) is 0 Å². The molecule has 108 valence electrons. The van der Waals surface area contributed by atoms with Crippen molar-refractivity contribution < 1.29 is 9.59 Å². The Hall–Kier alpha value is -1.91. The van der Waals surface area contributed by atoms with E-state index in [0.717, 1.165) is 30.8 Å². The maximum atomic E-state index is 11.6. The first-order chi connectivity index (χ1) is 9.61. The third-order valence-corrected chi connectivity index (χ3v) is 3.71. The van der Waals surface area contributed by atoms with E-state index in [0.29, 0.717) is 12.8 Å². The van der Waals surface area contributed by atoms with Crippen LogP contribution in [0.3, 0.4) is 0 Å². The smallest absolute Gasteiger partial charge is 0.220 e. The summed E-state index contributed by atoms with van der Waals surface area (Å²) in [6, 6.07) is 5.94. The second-order valence-corrected chi connectivity index (χ2v) is 5.10. The molecule has 1 atom stereocenters. The van der Waals surface area contributed by atoms with E-state index in [-0.39, 0.29) is 17.9 Å². The Bertz CT molecular complexity index is 502. The Morgan fingerprint density at radius 3 is 2.95 bits per heavy atom. The van der Waals surface area contributed by atoms with Crippen molar-refractivity contribution in [2.24, 2.45) is 0 Å². The lowest BCUT2D eigenvalue weighted by Gasteiger charge is -2.23. The van der Waals surface area contributed by atoms with E-state index in [9.17, 15) is 9.59 Å². The number of pyridine rings is 1. The number of amides is 2. The first kappa shape index (κ1) is 14.5. The number of hydrogen-bond donors (Lipinski definition) is 1. The number of carbonyl (C=O) groups is 2. The number of carbonyl (C=O) groups excluding carboxylic acids is 2. The van der Waals surface area contributed by atoms with Gasteiger partial charge in [-0.15, -0.1) is 0 Å². The lowest BCUT2D eigenvalue weighted by molar-refractivity contribution is -0.129. The minimum atomic E-state index is 0.0171. The molecule has 0 aliphatic carbocycles. The normalized spacial score (nSPS) is 18.1. The summed E-state index contributed by atoms with van der Waals surface area (Å²) in [6.45, 7) is 2.41. The lowest BCUT2D eigenvalue weighted by Crippen LogP contribution is -2.28. The van der Waals surface area contributed by atoms with E-state index in [1.165, 1.54) is 0 Å². The molecule has 5 nitrogen and oxygen atoms in total. The van der Waals surface area contributed by atoms with Crippen molar-refractivity contribution in [3.05, 3.63) is 29.6 Å². The predicted octanol–water partition coefficient (Wildman–Crippen LogP) is 1.44. The van der Waals surface area contributed by atoms with Gasteiger partial charge in [0.25, 0.3) is 0 Å². The summed E-state index contributed by atoms with van der Waals surface area (Å²) in [5.74, 6) is 0.119. The summed E-state index contributed by atoms with van der Waals surface area (Å²) >= 11 is 0. The van der Waals surface area contributed by atoms with E-state index in [1.54, 1.807) is 14.0 Å². The van der Waals surface area contributed by atoms with Crippen molar-refractivity contribution >= 4 is 11.8 Å². The number of likely N-dealkylation sites (tertiary alicyclic amines) is 1. The molecule has 1 aromatic heterocycles.